The molecule has 0 N–H and O–H groups in total. The summed E-state index contributed by atoms with van der Waals surface area (Å²) in [7, 11) is 0. The van der Waals surface area contributed by atoms with E-state index in [0.29, 0.717) is 10.6 Å². The van der Waals surface area contributed by atoms with Crippen LogP contribution in [0.4, 0.5) is 0 Å². The van der Waals surface area contributed by atoms with E-state index in [2.05, 4.69) is 0 Å². The number of ketones is 1. The zero-order valence-corrected chi connectivity index (χ0v) is 10.0. The molecule has 0 bridgehead atoms. The molecule has 0 aliphatic heterocycles. The largest absolute Gasteiger partial charge is 0.291 e. The molecule has 4 heteroatoms. The highest BCUT2D eigenvalue weighted by Crippen LogP contribution is 2.23. The van der Waals surface area contributed by atoms with Crippen molar-refractivity contribution in [1.29, 1.82) is 0 Å². The van der Waals surface area contributed by atoms with Gasteiger partial charge in [-0.25, -0.2) is 0 Å². The zero-order valence-electron chi connectivity index (χ0n) is 7.77. The summed E-state index contributed by atoms with van der Waals surface area (Å²) in [6.07, 6.45) is 0. The Kier molecular flexibility index (Phi) is 3.82. The third kappa shape index (κ3) is 2.41. The van der Waals surface area contributed by atoms with E-state index in [-0.39, 0.29) is 5.78 Å². The third-order valence-electron chi connectivity index (χ3n) is 1.92. The van der Waals surface area contributed by atoms with Gasteiger partial charge in [-0.2, -0.15) is 0 Å². The van der Waals surface area contributed by atoms with Crippen LogP contribution in [-0.2, 0) is 0 Å². The number of benzene rings is 1. The number of alkyl halides is 2. The Morgan fingerprint density at radius 1 is 1.21 bits per heavy atom. The van der Waals surface area contributed by atoms with Crippen LogP contribution in [0.15, 0.2) is 12.1 Å². The molecule has 0 aromatic heterocycles. The Bertz CT molecular complexity index is 349. The lowest BCUT2D eigenvalue weighted by Crippen LogP contribution is -2.08. The summed E-state index contributed by atoms with van der Waals surface area (Å²) < 4.78 is 0. The number of carbonyl (C=O) groups excluding carboxylic acids is 1. The van der Waals surface area contributed by atoms with E-state index in [4.69, 9.17) is 34.8 Å². The maximum Gasteiger partial charge on any atom is 0.195 e. The van der Waals surface area contributed by atoms with Gasteiger partial charge >= 0.3 is 0 Å². The Morgan fingerprint density at radius 2 is 1.64 bits per heavy atom. The molecule has 0 amide bonds. The topological polar surface area (TPSA) is 17.1 Å². The number of hydrogen-bond donors (Lipinski definition) is 0. The second-order valence-corrected chi connectivity index (χ2v) is 4.56. The Labute approximate surface area is 98.0 Å². The fourth-order valence-corrected chi connectivity index (χ4v) is 1.58. The zero-order chi connectivity index (χ0) is 10.9. The molecule has 0 heterocycles. The Balaban J connectivity index is 3.19. The molecule has 76 valence electrons. The first kappa shape index (κ1) is 11.8. The lowest BCUT2D eigenvalue weighted by atomic mass is 10.0. The number of hydrogen-bond acceptors (Lipinski definition) is 1. The minimum Gasteiger partial charge on any atom is -0.291 e. The van der Waals surface area contributed by atoms with Crippen molar-refractivity contribution >= 4 is 40.6 Å². The molecule has 0 atom stereocenters. The maximum atomic E-state index is 11.5. The molecule has 1 aromatic rings. The van der Waals surface area contributed by atoms with Gasteiger partial charge in [0.1, 0.15) is 0 Å². The molecule has 0 unspecified atom stereocenters. The SMILES string of the molecule is Cc1cc(C(=O)C(Cl)Cl)cc(C)c1Cl. The lowest BCUT2D eigenvalue weighted by Gasteiger charge is -2.07. The number of carbonyl (C=O) groups is 1. The van der Waals surface area contributed by atoms with Crippen molar-refractivity contribution in [2.75, 3.05) is 0 Å². The Morgan fingerprint density at radius 3 is 2.00 bits per heavy atom. The highest BCUT2D eigenvalue weighted by atomic mass is 35.5. The van der Waals surface area contributed by atoms with Crippen LogP contribution in [0, 0.1) is 13.8 Å². The quantitative estimate of drug-likeness (QED) is 0.575. The van der Waals surface area contributed by atoms with Gasteiger partial charge in [0.05, 0.1) is 0 Å². The predicted molar refractivity (Wildman–Crippen MR) is 60.8 cm³/mol. The van der Waals surface area contributed by atoms with Crippen LogP contribution in [0.1, 0.15) is 21.5 Å². The fourth-order valence-electron chi connectivity index (χ4n) is 1.21. The summed E-state index contributed by atoms with van der Waals surface area (Å²) in [6, 6.07) is 3.38. The van der Waals surface area contributed by atoms with Gasteiger partial charge in [-0.3, -0.25) is 4.79 Å². The van der Waals surface area contributed by atoms with Crippen molar-refractivity contribution in [3.05, 3.63) is 33.8 Å². The van der Waals surface area contributed by atoms with Gasteiger partial charge in [0.2, 0.25) is 0 Å². The van der Waals surface area contributed by atoms with Crippen LogP contribution < -0.4 is 0 Å². The number of halogens is 3. The van der Waals surface area contributed by atoms with E-state index >= 15 is 0 Å². The first-order valence-electron chi connectivity index (χ1n) is 4.02. The van der Waals surface area contributed by atoms with Crippen molar-refractivity contribution in [2.24, 2.45) is 0 Å². The van der Waals surface area contributed by atoms with Crippen LogP contribution in [0.3, 0.4) is 0 Å². The second-order valence-electron chi connectivity index (χ2n) is 3.09. The summed E-state index contributed by atoms with van der Waals surface area (Å²) in [5, 5.41) is 0.669. The van der Waals surface area contributed by atoms with E-state index in [1.807, 2.05) is 13.8 Å². The minimum absolute atomic E-state index is 0.295. The molecule has 0 saturated carbocycles. The number of aryl methyl sites for hydroxylation is 2. The van der Waals surface area contributed by atoms with Crippen LogP contribution in [0.25, 0.3) is 0 Å². The monoisotopic (exact) mass is 250 g/mol. The van der Waals surface area contributed by atoms with Crippen LogP contribution >= 0.6 is 34.8 Å². The van der Waals surface area contributed by atoms with E-state index in [9.17, 15) is 4.79 Å². The molecular weight excluding hydrogens is 242 g/mol. The van der Waals surface area contributed by atoms with E-state index < -0.39 is 4.84 Å². The van der Waals surface area contributed by atoms with E-state index in [1.54, 1.807) is 12.1 Å². The first-order chi connectivity index (χ1) is 6.43. The summed E-state index contributed by atoms with van der Waals surface area (Å²) in [5.74, 6) is -0.295. The molecule has 0 spiro atoms. The van der Waals surface area contributed by atoms with Gasteiger partial charge in [0, 0.05) is 10.6 Å². The average Bonchev–Trinajstić information content (AvgIpc) is 2.12. The van der Waals surface area contributed by atoms with Gasteiger partial charge in [0.25, 0.3) is 0 Å². The maximum absolute atomic E-state index is 11.5. The van der Waals surface area contributed by atoms with Crippen molar-refractivity contribution in [3.8, 4) is 0 Å². The van der Waals surface area contributed by atoms with Gasteiger partial charge in [0.15, 0.2) is 10.6 Å². The molecular formula is C10H9Cl3O. The fraction of sp³-hybridized carbons (Fsp3) is 0.300. The Hall–Kier alpha value is -0.240. The molecule has 1 aromatic carbocycles. The highest BCUT2D eigenvalue weighted by Gasteiger charge is 2.15. The number of rotatable bonds is 2. The average molecular weight is 252 g/mol. The molecule has 0 radical (unpaired) electrons. The van der Waals surface area contributed by atoms with Crippen molar-refractivity contribution in [1.82, 2.24) is 0 Å². The van der Waals surface area contributed by atoms with Crippen molar-refractivity contribution in [3.63, 3.8) is 0 Å². The first-order valence-corrected chi connectivity index (χ1v) is 5.27. The summed E-state index contributed by atoms with van der Waals surface area (Å²) in [4.78, 5) is 10.4. The van der Waals surface area contributed by atoms with Crippen LogP contribution in [0.2, 0.25) is 5.02 Å². The summed E-state index contributed by atoms with van der Waals surface area (Å²) >= 11 is 16.9. The molecule has 0 aliphatic carbocycles. The van der Waals surface area contributed by atoms with Crippen LogP contribution in [0.5, 0.6) is 0 Å². The standard InChI is InChI=1S/C10H9Cl3O/c1-5-3-7(9(14)10(12)13)4-6(2)8(5)11/h3-4,10H,1-2H3. The number of Topliss-reactive ketones (excluding diaryl/α,β-unsaturated/α-hetero) is 1. The van der Waals surface area contributed by atoms with Gasteiger partial charge < -0.3 is 0 Å². The van der Waals surface area contributed by atoms with Gasteiger partial charge in [-0.15, -0.1) is 0 Å². The minimum atomic E-state index is -1.02. The van der Waals surface area contributed by atoms with E-state index in [0.717, 1.165) is 11.1 Å². The molecule has 1 nitrogen and oxygen atoms in total. The molecule has 1 rings (SSSR count). The molecule has 0 fully saturated rings. The molecule has 0 aliphatic rings. The van der Waals surface area contributed by atoms with Gasteiger partial charge in [-0.1, -0.05) is 34.8 Å². The van der Waals surface area contributed by atoms with Gasteiger partial charge in [-0.05, 0) is 37.1 Å². The highest BCUT2D eigenvalue weighted by molar-refractivity contribution is 6.55. The van der Waals surface area contributed by atoms with E-state index in [1.165, 1.54) is 0 Å². The third-order valence-corrected chi connectivity index (χ3v) is 2.91. The predicted octanol–water partition coefficient (Wildman–Crippen LogP) is 3.94. The molecule has 0 saturated heterocycles. The van der Waals surface area contributed by atoms with Crippen molar-refractivity contribution in [2.45, 2.75) is 18.7 Å². The van der Waals surface area contributed by atoms with Crippen LogP contribution in [-0.4, -0.2) is 10.6 Å². The second kappa shape index (κ2) is 4.52. The smallest absolute Gasteiger partial charge is 0.195 e. The summed E-state index contributed by atoms with van der Waals surface area (Å²) in [6.45, 7) is 3.67. The normalized spacial score (nSPS) is 10.7. The summed E-state index contributed by atoms with van der Waals surface area (Å²) in [5.41, 5.74) is 2.20. The molecule has 14 heavy (non-hydrogen) atoms. The van der Waals surface area contributed by atoms with Crippen molar-refractivity contribution < 1.29 is 4.79 Å². The lowest BCUT2D eigenvalue weighted by molar-refractivity contribution is 0.101.